The van der Waals surface area contributed by atoms with E-state index in [1.807, 2.05) is 36.4 Å². The number of benzene rings is 2. The van der Waals surface area contributed by atoms with Gasteiger partial charge in [0, 0.05) is 26.2 Å². The summed E-state index contributed by atoms with van der Waals surface area (Å²) in [4.78, 5) is 29.1. The summed E-state index contributed by atoms with van der Waals surface area (Å²) < 4.78 is 11.1. The van der Waals surface area contributed by atoms with Crippen LogP contribution in [0.15, 0.2) is 48.5 Å². The molecule has 29 heavy (non-hydrogen) atoms. The van der Waals surface area contributed by atoms with Crippen molar-refractivity contribution in [2.24, 2.45) is 0 Å². The average molecular weight is 396 g/mol. The van der Waals surface area contributed by atoms with Crippen LogP contribution in [0.3, 0.4) is 0 Å². The van der Waals surface area contributed by atoms with Crippen molar-refractivity contribution in [1.29, 1.82) is 0 Å². The zero-order valence-electron chi connectivity index (χ0n) is 17.1. The van der Waals surface area contributed by atoms with Crippen LogP contribution in [0.5, 0.6) is 11.5 Å². The lowest BCUT2D eigenvalue weighted by atomic mass is 10.1. The molecule has 0 atom stereocenters. The van der Waals surface area contributed by atoms with Gasteiger partial charge < -0.3 is 19.3 Å². The van der Waals surface area contributed by atoms with E-state index in [2.05, 4.69) is 6.92 Å². The molecule has 2 amide bonds. The van der Waals surface area contributed by atoms with Crippen LogP contribution in [-0.4, -0.2) is 61.5 Å². The second-order valence-electron chi connectivity index (χ2n) is 6.98. The van der Waals surface area contributed by atoms with Gasteiger partial charge >= 0.3 is 0 Å². The van der Waals surface area contributed by atoms with Gasteiger partial charge in [-0.2, -0.15) is 0 Å². The van der Waals surface area contributed by atoms with Crippen LogP contribution in [0, 0.1) is 0 Å². The van der Waals surface area contributed by atoms with Gasteiger partial charge in [-0.25, -0.2) is 0 Å². The lowest BCUT2D eigenvalue weighted by Gasteiger charge is -2.23. The van der Waals surface area contributed by atoms with E-state index >= 15 is 0 Å². The number of rotatable bonds is 6. The van der Waals surface area contributed by atoms with Crippen molar-refractivity contribution in [3.8, 4) is 11.5 Å². The molecule has 2 aromatic rings. The molecule has 1 saturated heterocycles. The largest absolute Gasteiger partial charge is 0.496 e. The molecule has 1 aliphatic heterocycles. The first-order valence-corrected chi connectivity index (χ1v) is 10.0. The maximum atomic E-state index is 12.9. The summed E-state index contributed by atoms with van der Waals surface area (Å²) in [5, 5.41) is 0. The lowest BCUT2D eigenvalue weighted by molar-refractivity contribution is -0.133. The minimum Gasteiger partial charge on any atom is -0.496 e. The lowest BCUT2D eigenvalue weighted by Crippen LogP contribution is -2.39. The second-order valence-corrected chi connectivity index (χ2v) is 6.98. The van der Waals surface area contributed by atoms with Crippen molar-refractivity contribution in [2.45, 2.75) is 19.8 Å². The molecule has 1 aliphatic rings. The maximum absolute atomic E-state index is 12.9. The van der Waals surface area contributed by atoms with Crippen molar-refractivity contribution < 1.29 is 19.1 Å². The van der Waals surface area contributed by atoms with Gasteiger partial charge in [0.2, 0.25) is 0 Å². The topological polar surface area (TPSA) is 59.1 Å². The highest BCUT2D eigenvalue weighted by atomic mass is 16.5. The van der Waals surface area contributed by atoms with E-state index in [4.69, 9.17) is 9.47 Å². The molecule has 1 heterocycles. The maximum Gasteiger partial charge on any atom is 0.260 e. The molecule has 0 radical (unpaired) electrons. The summed E-state index contributed by atoms with van der Waals surface area (Å²) in [6.45, 7) is 4.30. The fourth-order valence-electron chi connectivity index (χ4n) is 3.53. The molecular formula is C23H28N2O4. The fourth-order valence-corrected chi connectivity index (χ4v) is 3.53. The first-order valence-electron chi connectivity index (χ1n) is 10.0. The molecule has 3 rings (SSSR count). The summed E-state index contributed by atoms with van der Waals surface area (Å²) in [6.07, 6.45) is 1.59. The molecule has 2 aromatic carbocycles. The molecular weight excluding hydrogens is 368 g/mol. The number of carbonyl (C=O) groups is 2. The zero-order chi connectivity index (χ0) is 20.6. The number of carbonyl (C=O) groups excluding carboxylic acids is 2. The van der Waals surface area contributed by atoms with Gasteiger partial charge in [-0.15, -0.1) is 0 Å². The third-order valence-electron chi connectivity index (χ3n) is 5.18. The van der Waals surface area contributed by atoms with Crippen molar-refractivity contribution in [3.63, 3.8) is 0 Å². The SMILES string of the molecule is CCc1ccccc1OCC(=O)N1CCCN(C(=O)c2ccccc2OC)CC1. The number of aryl methyl sites for hydroxylation is 1. The Bertz CT molecular complexity index is 852. The van der Waals surface area contributed by atoms with E-state index in [1.165, 1.54) is 0 Å². The molecule has 6 nitrogen and oxygen atoms in total. The van der Waals surface area contributed by atoms with E-state index in [9.17, 15) is 9.59 Å². The molecule has 154 valence electrons. The highest BCUT2D eigenvalue weighted by Crippen LogP contribution is 2.21. The molecule has 0 unspecified atom stereocenters. The molecule has 0 N–H and O–H groups in total. The van der Waals surface area contributed by atoms with E-state index in [0.717, 1.165) is 24.2 Å². The molecule has 0 aromatic heterocycles. The predicted octanol–water partition coefficient (Wildman–Crippen LogP) is 3.01. The Morgan fingerprint density at radius 1 is 0.897 bits per heavy atom. The first-order chi connectivity index (χ1) is 14.1. The molecule has 0 saturated carbocycles. The summed E-state index contributed by atoms with van der Waals surface area (Å²) in [5.41, 5.74) is 1.64. The Balaban J connectivity index is 1.58. The van der Waals surface area contributed by atoms with Crippen LogP contribution >= 0.6 is 0 Å². The number of hydrogen-bond acceptors (Lipinski definition) is 4. The van der Waals surface area contributed by atoms with Gasteiger partial charge in [-0.3, -0.25) is 9.59 Å². The summed E-state index contributed by atoms with van der Waals surface area (Å²) >= 11 is 0. The summed E-state index contributed by atoms with van der Waals surface area (Å²) in [6, 6.07) is 15.0. The van der Waals surface area contributed by atoms with Crippen LogP contribution in [0.2, 0.25) is 0 Å². The Morgan fingerprint density at radius 3 is 2.31 bits per heavy atom. The Morgan fingerprint density at radius 2 is 1.55 bits per heavy atom. The second kappa shape index (κ2) is 9.96. The van der Waals surface area contributed by atoms with Crippen molar-refractivity contribution in [1.82, 2.24) is 9.80 Å². The van der Waals surface area contributed by atoms with Crippen LogP contribution in [0.4, 0.5) is 0 Å². The third-order valence-corrected chi connectivity index (χ3v) is 5.18. The summed E-state index contributed by atoms with van der Waals surface area (Å²) in [7, 11) is 1.56. The fraction of sp³-hybridized carbons (Fsp3) is 0.391. The number of nitrogens with zero attached hydrogens (tertiary/aromatic N) is 2. The Hall–Kier alpha value is -3.02. The molecule has 0 spiro atoms. The monoisotopic (exact) mass is 396 g/mol. The van der Waals surface area contributed by atoms with Crippen molar-refractivity contribution in [3.05, 3.63) is 59.7 Å². The number of amides is 2. The minimum absolute atomic E-state index is 0.0114. The van der Waals surface area contributed by atoms with Crippen LogP contribution in [0.1, 0.15) is 29.3 Å². The van der Waals surface area contributed by atoms with Gasteiger partial charge in [0.1, 0.15) is 11.5 Å². The van der Waals surface area contributed by atoms with Gasteiger partial charge in [-0.1, -0.05) is 37.3 Å². The quantitative estimate of drug-likeness (QED) is 0.753. The van der Waals surface area contributed by atoms with Crippen LogP contribution < -0.4 is 9.47 Å². The number of methoxy groups -OCH3 is 1. The van der Waals surface area contributed by atoms with Crippen molar-refractivity contribution >= 4 is 11.8 Å². The standard InChI is InChI=1S/C23H28N2O4/c1-3-18-9-4-6-11-20(18)29-17-22(26)24-13-8-14-25(16-15-24)23(27)19-10-5-7-12-21(19)28-2/h4-7,9-12H,3,8,13-17H2,1-2H3. The Kier molecular flexibility index (Phi) is 7.11. The number of ether oxygens (including phenoxy) is 2. The van der Waals surface area contributed by atoms with E-state index in [1.54, 1.807) is 29.0 Å². The van der Waals surface area contributed by atoms with Crippen LogP contribution in [0.25, 0.3) is 0 Å². The van der Waals surface area contributed by atoms with Crippen molar-refractivity contribution in [2.75, 3.05) is 39.9 Å². The smallest absolute Gasteiger partial charge is 0.260 e. The summed E-state index contributed by atoms with van der Waals surface area (Å²) in [5.74, 6) is 1.20. The molecule has 0 bridgehead atoms. The molecule has 0 aliphatic carbocycles. The molecule has 6 heteroatoms. The average Bonchev–Trinajstić information content (AvgIpc) is 3.03. The van der Waals surface area contributed by atoms with Gasteiger partial charge in [0.25, 0.3) is 11.8 Å². The van der Waals surface area contributed by atoms with Crippen LogP contribution in [-0.2, 0) is 11.2 Å². The zero-order valence-corrected chi connectivity index (χ0v) is 17.1. The normalized spacial score (nSPS) is 14.3. The third kappa shape index (κ3) is 5.08. The van der Waals surface area contributed by atoms with Gasteiger partial charge in [-0.05, 0) is 36.6 Å². The minimum atomic E-state index is -0.0649. The predicted molar refractivity (Wildman–Crippen MR) is 111 cm³/mol. The molecule has 1 fully saturated rings. The van der Waals surface area contributed by atoms with E-state index in [0.29, 0.717) is 37.5 Å². The first kappa shape index (κ1) is 20.7. The highest BCUT2D eigenvalue weighted by Gasteiger charge is 2.24. The van der Waals surface area contributed by atoms with E-state index < -0.39 is 0 Å². The highest BCUT2D eigenvalue weighted by molar-refractivity contribution is 5.97. The van der Waals surface area contributed by atoms with Gasteiger partial charge in [0.05, 0.1) is 12.7 Å². The number of para-hydroxylation sites is 2. The Labute approximate surface area is 172 Å². The van der Waals surface area contributed by atoms with Gasteiger partial charge in [0.15, 0.2) is 6.61 Å². The van der Waals surface area contributed by atoms with E-state index in [-0.39, 0.29) is 18.4 Å². The number of hydrogen-bond donors (Lipinski definition) is 0.